The summed E-state index contributed by atoms with van der Waals surface area (Å²) in [6.07, 6.45) is -1.12. The molecule has 1 aliphatic heterocycles. The normalized spacial score (nSPS) is 28.1. The third-order valence-electron chi connectivity index (χ3n) is 3.90. The zero-order valence-corrected chi connectivity index (χ0v) is 15.7. The van der Waals surface area contributed by atoms with Crippen molar-refractivity contribution < 1.29 is 38.9 Å². The Balaban J connectivity index is 3.12. The maximum Gasteiger partial charge on any atom is 0.331 e. The number of rotatable bonds is 4. The van der Waals surface area contributed by atoms with E-state index in [0.717, 1.165) is 0 Å². The lowest BCUT2D eigenvalue weighted by molar-refractivity contribution is -0.226. The third kappa shape index (κ3) is 6.75. The van der Waals surface area contributed by atoms with Gasteiger partial charge in [0.25, 0.3) is 5.79 Å². The minimum atomic E-state index is -1.75. The number of esters is 2. The zero-order chi connectivity index (χ0) is 20.8. The molecule has 0 radical (unpaired) electrons. The van der Waals surface area contributed by atoms with E-state index in [2.05, 4.69) is 16.3 Å². The van der Waals surface area contributed by atoms with Crippen molar-refractivity contribution in [2.75, 3.05) is 20.1 Å². The molecule has 1 fully saturated rings. The number of nitrogens with one attached hydrogen (secondary N) is 3. The second-order valence-corrected chi connectivity index (χ2v) is 6.74. The van der Waals surface area contributed by atoms with Crippen molar-refractivity contribution in [2.45, 2.75) is 51.0 Å². The molecule has 2 atom stereocenters. The van der Waals surface area contributed by atoms with Gasteiger partial charge in [0.15, 0.2) is 0 Å². The van der Waals surface area contributed by atoms with Crippen LogP contribution in [0.25, 0.3) is 0 Å². The van der Waals surface area contributed by atoms with Crippen molar-refractivity contribution in [3.8, 4) is 0 Å². The maximum atomic E-state index is 12.7. The van der Waals surface area contributed by atoms with E-state index >= 15 is 0 Å². The van der Waals surface area contributed by atoms with Crippen LogP contribution in [0, 0.1) is 0 Å². The van der Waals surface area contributed by atoms with E-state index in [1.807, 2.05) is 0 Å². The standard InChI is InChI=1S/C15H26N4O8/c1-14(2)26-12(24)9(7-10(20)21)18-16-5-6-17-19(4)15(3,8-11(22)23)13(25)27-14/h9,16-18H,5-8H2,1-4H3,(H,20,21)(H,22,23)/t9-,15-/m0/s1. The lowest BCUT2D eigenvalue weighted by Gasteiger charge is -2.38. The van der Waals surface area contributed by atoms with Crippen LogP contribution in [0.5, 0.6) is 0 Å². The highest BCUT2D eigenvalue weighted by Crippen LogP contribution is 2.24. The molecular formula is C15H26N4O8. The number of hydrogen-bond donors (Lipinski definition) is 5. The van der Waals surface area contributed by atoms with Crippen LogP contribution in [-0.4, -0.2) is 76.6 Å². The number of carbonyl (C=O) groups is 4. The van der Waals surface area contributed by atoms with Crippen LogP contribution in [0.4, 0.5) is 0 Å². The predicted octanol–water partition coefficient (Wildman–Crippen LogP) is -1.57. The van der Waals surface area contributed by atoms with Gasteiger partial charge in [-0.1, -0.05) is 0 Å². The second-order valence-electron chi connectivity index (χ2n) is 6.74. The highest BCUT2D eigenvalue weighted by Gasteiger charge is 2.45. The van der Waals surface area contributed by atoms with Crippen LogP contribution in [0.2, 0.25) is 0 Å². The van der Waals surface area contributed by atoms with Crippen molar-refractivity contribution in [1.82, 2.24) is 21.3 Å². The van der Waals surface area contributed by atoms with Crippen LogP contribution in [0.1, 0.15) is 33.6 Å². The van der Waals surface area contributed by atoms with Gasteiger partial charge >= 0.3 is 23.9 Å². The van der Waals surface area contributed by atoms with Gasteiger partial charge in [-0.25, -0.2) is 15.2 Å². The Morgan fingerprint density at radius 1 is 1.15 bits per heavy atom. The molecule has 0 aromatic rings. The molecule has 0 saturated carbocycles. The second kappa shape index (κ2) is 9.08. The summed E-state index contributed by atoms with van der Waals surface area (Å²) in [5.74, 6) is -6.06. The third-order valence-corrected chi connectivity index (χ3v) is 3.90. The summed E-state index contributed by atoms with van der Waals surface area (Å²) in [6, 6.07) is -1.22. The first-order valence-corrected chi connectivity index (χ1v) is 8.23. The minimum Gasteiger partial charge on any atom is -0.481 e. The van der Waals surface area contributed by atoms with Gasteiger partial charge in [0.1, 0.15) is 11.6 Å². The maximum absolute atomic E-state index is 12.7. The van der Waals surface area contributed by atoms with E-state index in [1.165, 1.54) is 32.8 Å². The van der Waals surface area contributed by atoms with Crippen molar-refractivity contribution >= 4 is 23.9 Å². The predicted molar refractivity (Wildman–Crippen MR) is 89.9 cm³/mol. The summed E-state index contributed by atoms with van der Waals surface area (Å²) in [5, 5.41) is 19.4. The Bertz CT molecular complexity index is 596. The van der Waals surface area contributed by atoms with Crippen molar-refractivity contribution in [3.63, 3.8) is 0 Å². The molecule has 1 heterocycles. The summed E-state index contributed by atoms with van der Waals surface area (Å²) in [5.41, 5.74) is 6.53. The van der Waals surface area contributed by atoms with E-state index in [0.29, 0.717) is 0 Å². The van der Waals surface area contributed by atoms with Gasteiger partial charge in [0.2, 0.25) is 0 Å². The van der Waals surface area contributed by atoms with Gasteiger partial charge in [0, 0.05) is 34.0 Å². The first kappa shape index (κ1) is 22.8. The van der Waals surface area contributed by atoms with Crippen LogP contribution < -0.4 is 16.3 Å². The molecule has 0 amide bonds. The Labute approximate surface area is 156 Å². The Morgan fingerprint density at radius 3 is 2.33 bits per heavy atom. The number of hydrazine groups is 2. The summed E-state index contributed by atoms with van der Waals surface area (Å²) in [7, 11) is 1.49. The minimum absolute atomic E-state index is 0.231. The molecule has 0 bridgehead atoms. The molecule has 27 heavy (non-hydrogen) atoms. The molecule has 0 aromatic carbocycles. The molecule has 1 aliphatic rings. The highest BCUT2D eigenvalue weighted by atomic mass is 16.7. The van der Waals surface area contributed by atoms with Crippen LogP contribution in [0.3, 0.4) is 0 Å². The van der Waals surface area contributed by atoms with Gasteiger partial charge in [-0.2, -0.15) is 0 Å². The van der Waals surface area contributed by atoms with Crippen molar-refractivity contribution in [2.24, 2.45) is 0 Å². The number of carboxylic acids is 2. The summed E-state index contributed by atoms with van der Waals surface area (Å²) in [6.45, 7) is 4.44. The summed E-state index contributed by atoms with van der Waals surface area (Å²) in [4.78, 5) is 47.1. The molecular weight excluding hydrogens is 364 g/mol. The van der Waals surface area contributed by atoms with E-state index in [-0.39, 0.29) is 13.1 Å². The van der Waals surface area contributed by atoms with Crippen molar-refractivity contribution in [3.05, 3.63) is 0 Å². The van der Waals surface area contributed by atoms with Gasteiger partial charge in [0.05, 0.1) is 12.8 Å². The molecule has 12 nitrogen and oxygen atoms in total. The van der Waals surface area contributed by atoms with Crippen LogP contribution in [-0.2, 0) is 28.7 Å². The molecule has 1 rings (SSSR count). The molecule has 5 N–H and O–H groups in total. The number of likely N-dealkylation sites (N-methyl/N-ethyl adjacent to an activating group) is 1. The smallest absolute Gasteiger partial charge is 0.331 e. The molecule has 0 unspecified atom stereocenters. The number of carbonyl (C=O) groups excluding carboxylic acids is 2. The first-order chi connectivity index (χ1) is 12.4. The number of ether oxygens (including phenoxy) is 2. The highest BCUT2D eigenvalue weighted by molar-refractivity contribution is 5.86. The van der Waals surface area contributed by atoms with Crippen LogP contribution >= 0.6 is 0 Å². The number of nitrogens with zero attached hydrogens (tertiary/aromatic N) is 1. The molecule has 0 aliphatic carbocycles. The van der Waals surface area contributed by atoms with Gasteiger partial charge in [-0.3, -0.25) is 25.2 Å². The SMILES string of the molecule is CN1NCCNN[C@@H](CC(=O)O)C(=O)OC(C)(C)OC(=O)[C@]1(C)CC(=O)O. The molecule has 154 valence electrons. The number of aliphatic carboxylic acids is 2. The van der Waals surface area contributed by atoms with E-state index in [1.54, 1.807) is 0 Å². The topological polar surface area (TPSA) is 167 Å². The molecule has 12 heteroatoms. The number of carboxylic acid groups (broad SMARTS) is 2. The van der Waals surface area contributed by atoms with E-state index in [9.17, 15) is 19.2 Å². The fraction of sp³-hybridized carbons (Fsp3) is 0.733. The summed E-state index contributed by atoms with van der Waals surface area (Å²) < 4.78 is 10.4. The quantitative estimate of drug-likeness (QED) is 0.350. The Morgan fingerprint density at radius 2 is 1.78 bits per heavy atom. The fourth-order valence-corrected chi connectivity index (χ4v) is 2.31. The molecule has 0 spiro atoms. The Hall–Kier alpha value is -2.28. The number of hydrogen-bond acceptors (Lipinski definition) is 10. The lowest BCUT2D eigenvalue weighted by Crippen LogP contribution is -2.60. The monoisotopic (exact) mass is 390 g/mol. The molecule has 0 aromatic heterocycles. The van der Waals surface area contributed by atoms with Gasteiger partial charge in [-0.15, -0.1) is 0 Å². The largest absolute Gasteiger partial charge is 0.481 e. The van der Waals surface area contributed by atoms with Crippen LogP contribution in [0.15, 0.2) is 0 Å². The number of cyclic esters (lactones) is 2. The summed E-state index contributed by atoms with van der Waals surface area (Å²) >= 11 is 0. The average Bonchev–Trinajstić information content (AvgIpc) is 2.50. The average molecular weight is 390 g/mol. The Kier molecular flexibility index (Phi) is 7.65. The zero-order valence-electron chi connectivity index (χ0n) is 15.7. The van der Waals surface area contributed by atoms with E-state index < -0.39 is 54.1 Å². The van der Waals surface area contributed by atoms with Gasteiger partial charge < -0.3 is 19.7 Å². The van der Waals surface area contributed by atoms with E-state index in [4.69, 9.17) is 19.7 Å². The van der Waals surface area contributed by atoms with Gasteiger partial charge in [-0.05, 0) is 6.92 Å². The first-order valence-electron chi connectivity index (χ1n) is 8.23. The molecule has 1 saturated heterocycles. The van der Waals surface area contributed by atoms with Crippen molar-refractivity contribution in [1.29, 1.82) is 0 Å². The lowest BCUT2D eigenvalue weighted by atomic mass is 9.97. The fourth-order valence-electron chi connectivity index (χ4n) is 2.31.